The molecule has 30 heavy (non-hydrogen) atoms. The molecule has 0 fully saturated rings. The number of anilines is 1. The Labute approximate surface area is 184 Å². The van der Waals surface area contributed by atoms with Crippen molar-refractivity contribution in [3.8, 4) is 6.07 Å². The molecule has 3 rings (SSSR count). The summed E-state index contributed by atoms with van der Waals surface area (Å²) in [6.07, 6.45) is 1.56. The van der Waals surface area contributed by atoms with E-state index in [-0.39, 0.29) is 5.91 Å². The van der Waals surface area contributed by atoms with Crippen LogP contribution in [0.1, 0.15) is 39.7 Å². The molecule has 0 aliphatic carbocycles. The molecule has 0 saturated carbocycles. The van der Waals surface area contributed by atoms with E-state index in [4.69, 9.17) is 5.26 Å². The second-order valence-corrected chi connectivity index (χ2v) is 7.48. The van der Waals surface area contributed by atoms with Crippen LogP contribution in [-0.4, -0.2) is 22.6 Å². The maximum Gasteiger partial charge on any atom is 0.270 e. The number of benzene rings is 2. The van der Waals surface area contributed by atoms with E-state index < -0.39 is 0 Å². The molecule has 0 unspecified atom stereocenters. The van der Waals surface area contributed by atoms with Gasteiger partial charge in [0.15, 0.2) is 5.82 Å². The quantitative estimate of drug-likeness (QED) is 0.452. The van der Waals surface area contributed by atoms with Crippen molar-refractivity contribution in [2.45, 2.75) is 19.8 Å². The number of aryl methyl sites for hydroxylation is 1. The van der Waals surface area contributed by atoms with Gasteiger partial charge in [-0.15, -0.1) is 0 Å². The summed E-state index contributed by atoms with van der Waals surface area (Å²) in [7, 11) is 0. The highest BCUT2D eigenvalue weighted by atomic mass is 79.9. The minimum Gasteiger partial charge on any atom is -0.350 e. The monoisotopic (exact) mass is 463 g/mol. The van der Waals surface area contributed by atoms with Crippen molar-refractivity contribution in [2.24, 2.45) is 0 Å². The van der Waals surface area contributed by atoms with Crippen LogP contribution < -0.4 is 10.6 Å². The molecule has 0 radical (unpaired) electrons. The molecule has 0 spiro atoms. The molecule has 7 heteroatoms. The number of rotatable bonds is 8. The Kier molecular flexibility index (Phi) is 7.04. The third kappa shape index (κ3) is 4.97. The van der Waals surface area contributed by atoms with Crippen molar-refractivity contribution >= 4 is 33.4 Å². The molecule has 1 aromatic heterocycles. The lowest BCUT2D eigenvalue weighted by Gasteiger charge is -2.12. The molecular formula is C23H22BrN5O. The topological polar surface area (TPSA) is 93.6 Å². The zero-order valence-corrected chi connectivity index (χ0v) is 18.2. The van der Waals surface area contributed by atoms with Crippen LogP contribution in [-0.2, 0) is 12.8 Å². The van der Waals surface area contributed by atoms with E-state index in [2.05, 4.69) is 62.4 Å². The lowest BCUT2D eigenvalue weighted by atomic mass is 10.0. The van der Waals surface area contributed by atoms with E-state index in [1.54, 1.807) is 12.1 Å². The van der Waals surface area contributed by atoms with Crippen LogP contribution >= 0.6 is 15.9 Å². The van der Waals surface area contributed by atoms with Crippen molar-refractivity contribution in [3.63, 3.8) is 0 Å². The first-order valence-electron chi connectivity index (χ1n) is 9.58. The first-order valence-corrected chi connectivity index (χ1v) is 10.4. The van der Waals surface area contributed by atoms with Crippen LogP contribution in [0.2, 0.25) is 0 Å². The molecule has 3 N–H and O–H groups in total. The lowest BCUT2D eigenvalue weighted by molar-refractivity contribution is 0.0948. The predicted octanol–water partition coefficient (Wildman–Crippen LogP) is 4.66. The van der Waals surface area contributed by atoms with E-state index in [1.807, 2.05) is 30.3 Å². The number of amides is 1. The van der Waals surface area contributed by atoms with Gasteiger partial charge in [-0.05, 0) is 52.0 Å². The third-order valence-electron chi connectivity index (χ3n) is 4.71. The van der Waals surface area contributed by atoms with Gasteiger partial charge in [-0.25, -0.2) is 0 Å². The van der Waals surface area contributed by atoms with Crippen LogP contribution in [0.3, 0.4) is 0 Å². The number of carbonyl (C=O) groups excluding carboxylic acids is 1. The Hall–Kier alpha value is -3.37. The Morgan fingerprint density at radius 3 is 2.67 bits per heavy atom. The molecule has 0 aliphatic rings. The number of halogens is 1. The number of aromatic nitrogens is 2. The maximum atomic E-state index is 12.5. The largest absolute Gasteiger partial charge is 0.350 e. The fraction of sp³-hybridized carbons (Fsp3) is 0.174. The van der Waals surface area contributed by atoms with Gasteiger partial charge in [0.05, 0.1) is 16.1 Å². The zero-order valence-electron chi connectivity index (χ0n) is 16.6. The van der Waals surface area contributed by atoms with E-state index in [0.717, 1.165) is 17.5 Å². The molecule has 1 amide bonds. The molecule has 152 valence electrons. The molecule has 0 bridgehead atoms. The average Bonchev–Trinajstić information content (AvgIpc) is 3.14. The van der Waals surface area contributed by atoms with Crippen molar-refractivity contribution in [2.75, 3.05) is 11.9 Å². The number of carbonyl (C=O) groups is 1. The number of aromatic amines is 1. The number of nitrogens with zero attached hydrogens (tertiary/aromatic N) is 2. The summed E-state index contributed by atoms with van der Waals surface area (Å²) in [4.78, 5) is 12.5. The summed E-state index contributed by atoms with van der Waals surface area (Å²) in [5.74, 6) is 0.249. The molecule has 0 aliphatic heterocycles. The highest BCUT2D eigenvalue weighted by Gasteiger charge is 2.18. The highest BCUT2D eigenvalue weighted by molar-refractivity contribution is 9.10. The van der Waals surface area contributed by atoms with E-state index in [1.165, 1.54) is 5.56 Å². The Balaban J connectivity index is 1.60. The fourth-order valence-electron chi connectivity index (χ4n) is 3.05. The van der Waals surface area contributed by atoms with Crippen LogP contribution in [0.5, 0.6) is 0 Å². The number of nitriles is 1. The van der Waals surface area contributed by atoms with Gasteiger partial charge in [-0.3, -0.25) is 9.89 Å². The lowest BCUT2D eigenvalue weighted by Crippen LogP contribution is -2.26. The minimum absolute atomic E-state index is 0.254. The van der Waals surface area contributed by atoms with Gasteiger partial charge in [0.1, 0.15) is 5.69 Å². The second kappa shape index (κ2) is 9.90. The van der Waals surface area contributed by atoms with Gasteiger partial charge in [0, 0.05) is 17.8 Å². The van der Waals surface area contributed by atoms with Gasteiger partial charge >= 0.3 is 0 Å². The van der Waals surface area contributed by atoms with E-state index >= 15 is 0 Å². The number of hydrogen-bond donors (Lipinski definition) is 3. The Bertz CT molecular complexity index is 1100. The second-order valence-electron chi connectivity index (χ2n) is 6.69. The minimum atomic E-state index is -0.254. The third-order valence-corrected chi connectivity index (χ3v) is 5.48. The van der Waals surface area contributed by atoms with Crippen LogP contribution in [0.25, 0.3) is 5.70 Å². The van der Waals surface area contributed by atoms with E-state index in [9.17, 15) is 4.79 Å². The predicted molar refractivity (Wildman–Crippen MR) is 122 cm³/mol. The molecule has 0 atom stereocenters. The molecule has 2 aromatic carbocycles. The zero-order chi connectivity index (χ0) is 21.5. The van der Waals surface area contributed by atoms with Gasteiger partial charge < -0.3 is 10.6 Å². The number of hydrogen-bond acceptors (Lipinski definition) is 4. The SMILES string of the molecule is C=C(Nc1n[nH]c(C(=O)NCCc2ccc(C#N)cc2)c1Br)c1ccccc1CC. The smallest absolute Gasteiger partial charge is 0.270 e. The Morgan fingerprint density at radius 1 is 1.23 bits per heavy atom. The first kappa shape index (κ1) is 21.3. The van der Waals surface area contributed by atoms with Crippen LogP contribution in [0, 0.1) is 11.3 Å². The van der Waals surface area contributed by atoms with Gasteiger partial charge in [-0.1, -0.05) is 49.9 Å². The maximum absolute atomic E-state index is 12.5. The summed E-state index contributed by atoms with van der Waals surface area (Å²) in [5, 5.41) is 21.9. The van der Waals surface area contributed by atoms with E-state index in [0.29, 0.717) is 40.2 Å². The van der Waals surface area contributed by atoms with Gasteiger partial charge in [-0.2, -0.15) is 10.4 Å². The summed E-state index contributed by atoms with van der Waals surface area (Å²) < 4.78 is 0.550. The van der Waals surface area contributed by atoms with Crippen molar-refractivity contribution in [1.82, 2.24) is 15.5 Å². The van der Waals surface area contributed by atoms with Crippen molar-refractivity contribution in [3.05, 3.63) is 87.5 Å². The summed E-state index contributed by atoms with van der Waals surface area (Å²) >= 11 is 3.45. The molecule has 6 nitrogen and oxygen atoms in total. The van der Waals surface area contributed by atoms with Crippen molar-refractivity contribution in [1.29, 1.82) is 5.26 Å². The number of nitrogens with one attached hydrogen (secondary N) is 3. The molecule has 1 heterocycles. The molecule has 3 aromatic rings. The van der Waals surface area contributed by atoms with Gasteiger partial charge in [0.25, 0.3) is 5.91 Å². The Morgan fingerprint density at radius 2 is 1.97 bits per heavy atom. The summed E-state index contributed by atoms with van der Waals surface area (Å²) in [5.41, 5.74) is 4.92. The normalized spacial score (nSPS) is 10.3. The van der Waals surface area contributed by atoms with Crippen molar-refractivity contribution < 1.29 is 4.79 Å². The van der Waals surface area contributed by atoms with Crippen LogP contribution in [0.15, 0.2) is 59.6 Å². The average molecular weight is 464 g/mol. The highest BCUT2D eigenvalue weighted by Crippen LogP contribution is 2.27. The fourth-order valence-corrected chi connectivity index (χ4v) is 3.51. The van der Waals surface area contributed by atoms with Crippen LogP contribution in [0.4, 0.5) is 5.82 Å². The van der Waals surface area contributed by atoms with Gasteiger partial charge in [0.2, 0.25) is 0 Å². The summed E-state index contributed by atoms with van der Waals surface area (Å²) in [6.45, 7) is 6.67. The summed E-state index contributed by atoms with van der Waals surface area (Å²) in [6, 6.07) is 17.4. The first-order chi connectivity index (χ1) is 14.5. The molecular weight excluding hydrogens is 442 g/mol. The standard InChI is InChI=1S/C23H22BrN5O/c1-3-18-6-4-5-7-19(18)15(2)27-22-20(24)21(28-29-22)23(30)26-13-12-16-8-10-17(14-25)11-9-16/h4-11H,2-3,12-13H2,1H3,(H,26,30)(H2,27,28,29). The molecule has 0 saturated heterocycles. The number of H-pyrrole nitrogens is 1.